The molecule has 2 atom stereocenters. The minimum absolute atomic E-state index is 0.0885. The molecule has 1 unspecified atom stereocenters. The van der Waals surface area contributed by atoms with Crippen molar-refractivity contribution in [3.63, 3.8) is 0 Å². The molecule has 3 aromatic rings. The first-order valence-corrected chi connectivity index (χ1v) is 9.21. The van der Waals surface area contributed by atoms with Crippen LogP contribution in [0.4, 0.5) is 5.69 Å². The molecule has 1 aliphatic rings. The number of thioether (sulfide) groups is 1. The predicted molar refractivity (Wildman–Crippen MR) is 98.7 cm³/mol. The number of fused-ring (bicyclic) bond motifs is 1. The zero-order valence-electron chi connectivity index (χ0n) is 14.1. The molecule has 2 aromatic carbocycles. The van der Waals surface area contributed by atoms with E-state index in [2.05, 4.69) is 34.2 Å². The van der Waals surface area contributed by atoms with Gasteiger partial charge in [0, 0.05) is 18.2 Å². The third-order valence-electron chi connectivity index (χ3n) is 4.64. The maximum atomic E-state index is 11.0. The van der Waals surface area contributed by atoms with E-state index in [1.807, 2.05) is 34.9 Å². The van der Waals surface area contributed by atoms with Crippen LogP contribution >= 0.6 is 11.8 Å². The van der Waals surface area contributed by atoms with Crippen LogP contribution in [0.25, 0.3) is 0 Å². The number of aromatic nitrogens is 3. The van der Waals surface area contributed by atoms with Crippen molar-refractivity contribution in [2.24, 2.45) is 0 Å². The smallest absolute Gasteiger partial charge is 0.269 e. The van der Waals surface area contributed by atoms with Crippen LogP contribution in [0.5, 0.6) is 0 Å². The number of rotatable bonds is 4. The van der Waals surface area contributed by atoms with Gasteiger partial charge in [0.1, 0.15) is 12.5 Å². The number of non-ortho nitro benzene ring substituents is 1. The Morgan fingerprint density at radius 2 is 1.92 bits per heavy atom. The highest BCUT2D eigenvalue weighted by atomic mass is 32.2. The first-order chi connectivity index (χ1) is 12.6. The lowest BCUT2D eigenvalue weighted by Gasteiger charge is -2.40. The van der Waals surface area contributed by atoms with Gasteiger partial charge in [-0.1, -0.05) is 42.1 Å². The van der Waals surface area contributed by atoms with Crippen molar-refractivity contribution in [3.8, 4) is 0 Å². The summed E-state index contributed by atoms with van der Waals surface area (Å²) < 4.78 is 2.02. The number of hydrogen-bond donors (Lipinski definition) is 0. The van der Waals surface area contributed by atoms with Crippen molar-refractivity contribution in [1.29, 1.82) is 0 Å². The van der Waals surface area contributed by atoms with Gasteiger partial charge in [-0.05, 0) is 30.2 Å². The van der Waals surface area contributed by atoms with Crippen LogP contribution in [0.2, 0.25) is 0 Å². The molecule has 1 aliphatic heterocycles. The monoisotopic (exact) mass is 367 g/mol. The number of nitro benzene ring substituents is 1. The Morgan fingerprint density at radius 1 is 1.19 bits per heavy atom. The molecule has 7 nitrogen and oxygen atoms in total. The molecule has 0 bridgehead atoms. The summed E-state index contributed by atoms with van der Waals surface area (Å²) in [7, 11) is 0. The van der Waals surface area contributed by atoms with E-state index in [4.69, 9.17) is 0 Å². The first-order valence-electron chi connectivity index (χ1n) is 8.22. The molecule has 0 saturated carbocycles. The van der Waals surface area contributed by atoms with E-state index in [0.29, 0.717) is 0 Å². The number of nitro groups is 1. The van der Waals surface area contributed by atoms with Crippen LogP contribution in [0.1, 0.15) is 30.3 Å². The molecular weight excluding hydrogens is 350 g/mol. The van der Waals surface area contributed by atoms with Gasteiger partial charge >= 0.3 is 0 Å². The molecule has 26 heavy (non-hydrogen) atoms. The Morgan fingerprint density at radius 3 is 2.62 bits per heavy atom. The Kier molecular flexibility index (Phi) is 4.44. The van der Waals surface area contributed by atoms with E-state index in [9.17, 15) is 10.1 Å². The number of hydrogen-bond acceptors (Lipinski definition) is 6. The second-order valence-corrected chi connectivity index (χ2v) is 7.03. The third kappa shape index (κ3) is 2.97. The fourth-order valence-corrected chi connectivity index (χ4v) is 4.26. The third-order valence-corrected chi connectivity index (χ3v) is 5.62. The summed E-state index contributed by atoms with van der Waals surface area (Å²) in [5.74, 6) is 0.760. The average molecular weight is 367 g/mol. The molecule has 8 heteroatoms. The summed E-state index contributed by atoms with van der Waals surface area (Å²) in [6.07, 6.45) is 1.61. The van der Waals surface area contributed by atoms with Crippen molar-refractivity contribution in [1.82, 2.24) is 19.7 Å². The molecule has 0 fully saturated rings. The second-order valence-electron chi connectivity index (χ2n) is 6.12. The van der Waals surface area contributed by atoms with Crippen molar-refractivity contribution in [3.05, 3.63) is 82.2 Å². The summed E-state index contributed by atoms with van der Waals surface area (Å²) in [6.45, 7) is 2.17. The van der Waals surface area contributed by atoms with E-state index < -0.39 is 0 Å². The summed E-state index contributed by atoms with van der Waals surface area (Å²) in [4.78, 5) is 12.9. The highest BCUT2D eigenvalue weighted by Gasteiger charge is 2.33. The summed E-state index contributed by atoms with van der Waals surface area (Å²) in [6, 6.07) is 17.2. The molecule has 0 radical (unpaired) electrons. The van der Waals surface area contributed by atoms with E-state index in [1.54, 1.807) is 30.2 Å². The lowest BCUT2D eigenvalue weighted by atomic mass is 10.0. The molecule has 2 heterocycles. The van der Waals surface area contributed by atoms with Crippen LogP contribution < -0.4 is 0 Å². The van der Waals surface area contributed by atoms with Crippen LogP contribution in [-0.2, 0) is 0 Å². The molecule has 0 spiro atoms. The van der Waals surface area contributed by atoms with E-state index in [0.717, 1.165) is 16.6 Å². The SMILES string of the molecule is C[C@@H](c1ccccc1)N1CSc2nncn2C1c1ccc([N+](=O)[O-])cc1. The van der Waals surface area contributed by atoms with Gasteiger partial charge in [0.25, 0.3) is 5.69 Å². The molecule has 0 aliphatic carbocycles. The summed E-state index contributed by atoms with van der Waals surface area (Å²) in [5, 5.41) is 20.1. The first kappa shape index (κ1) is 16.7. The van der Waals surface area contributed by atoms with Crippen molar-refractivity contribution in [2.45, 2.75) is 24.3 Å². The van der Waals surface area contributed by atoms with Crippen LogP contribution in [0.3, 0.4) is 0 Å². The number of benzene rings is 2. The van der Waals surface area contributed by atoms with Gasteiger partial charge in [0.15, 0.2) is 5.16 Å². The van der Waals surface area contributed by atoms with Gasteiger partial charge in [-0.2, -0.15) is 0 Å². The molecule has 0 amide bonds. The topological polar surface area (TPSA) is 77.1 Å². The van der Waals surface area contributed by atoms with Crippen LogP contribution in [-0.4, -0.2) is 30.5 Å². The van der Waals surface area contributed by atoms with Gasteiger partial charge in [-0.25, -0.2) is 0 Å². The molecular formula is C18H17N5O2S. The Hall–Kier alpha value is -2.71. The lowest BCUT2D eigenvalue weighted by Crippen LogP contribution is -2.38. The van der Waals surface area contributed by atoms with Gasteiger partial charge in [0.05, 0.1) is 10.8 Å². The molecule has 0 saturated heterocycles. The van der Waals surface area contributed by atoms with Crippen LogP contribution in [0.15, 0.2) is 66.1 Å². The zero-order chi connectivity index (χ0) is 18.1. The van der Waals surface area contributed by atoms with E-state index in [-0.39, 0.29) is 22.8 Å². The maximum absolute atomic E-state index is 11.0. The molecule has 4 rings (SSSR count). The standard InChI is InChI=1S/C18H17N5O2S/c1-13(14-5-3-2-4-6-14)22-12-26-18-20-19-11-21(18)17(22)15-7-9-16(10-8-15)23(24)25/h2-11,13,17H,12H2,1H3/t13-,17?/m0/s1. The quantitative estimate of drug-likeness (QED) is 0.515. The largest absolute Gasteiger partial charge is 0.288 e. The van der Waals surface area contributed by atoms with Crippen molar-refractivity contribution in [2.75, 3.05) is 5.88 Å². The minimum atomic E-state index is -0.380. The number of nitrogens with zero attached hydrogens (tertiary/aromatic N) is 5. The molecule has 132 valence electrons. The Labute approximate surface area is 154 Å². The summed E-state index contributed by atoms with van der Waals surface area (Å²) >= 11 is 1.64. The fourth-order valence-electron chi connectivity index (χ4n) is 3.23. The van der Waals surface area contributed by atoms with Crippen molar-refractivity contribution < 1.29 is 4.92 Å². The van der Waals surface area contributed by atoms with E-state index in [1.165, 1.54) is 5.56 Å². The highest BCUT2D eigenvalue weighted by Crippen LogP contribution is 2.40. The molecule has 1 aromatic heterocycles. The predicted octanol–water partition coefficient (Wildman–Crippen LogP) is 3.86. The second kappa shape index (κ2) is 6.89. The Bertz CT molecular complexity index is 913. The van der Waals surface area contributed by atoms with Crippen LogP contribution in [0, 0.1) is 10.1 Å². The summed E-state index contributed by atoms with van der Waals surface area (Å²) in [5.41, 5.74) is 2.28. The normalized spacial score (nSPS) is 18.3. The van der Waals surface area contributed by atoms with Gasteiger partial charge in [-0.15, -0.1) is 10.2 Å². The minimum Gasteiger partial charge on any atom is -0.288 e. The van der Waals surface area contributed by atoms with Crippen molar-refractivity contribution >= 4 is 17.4 Å². The zero-order valence-corrected chi connectivity index (χ0v) is 14.9. The molecule has 0 N–H and O–H groups in total. The lowest BCUT2D eigenvalue weighted by molar-refractivity contribution is -0.384. The van der Waals surface area contributed by atoms with Gasteiger partial charge < -0.3 is 0 Å². The van der Waals surface area contributed by atoms with Gasteiger partial charge in [-0.3, -0.25) is 19.6 Å². The maximum Gasteiger partial charge on any atom is 0.269 e. The Balaban J connectivity index is 1.75. The highest BCUT2D eigenvalue weighted by molar-refractivity contribution is 7.99. The van der Waals surface area contributed by atoms with E-state index >= 15 is 0 Å². The van der Waals surface area contributed by atoms with Gasteiger partial charge in [0.2, 0.25) is 0 Å². The fraction of sp³-hybridized carbons (Fsp3) is 0.222. The average Bonchev–Trinajstić information content (AvgIpc) is 3.16.